The monoisotopic (exact) mass is 248 g/mol. The Morgan fingerprint density at radius 1 is 1.50 bits per heavy atom. The zero-order valence-corrected chi connectivity index (χ0v) is 11.1. The predicted octanol–water partition coefficient (Wildman–Crippen LogP) is 1.80. The molecule has 4 heteroatoms. The molecule has 1 aliphatic heterocycles. The summed E-state index contributed by atoms with van der Waals surface area (Å²) in [6.45, 7) is 5.83. The lowest BCUT2D eigenvalue weighted by Gasteiger charge is -2.31. The summed E-state index contributed by atoms with van der Waals surface area (Å²) in [6, 6.07) is 5.68. The number of hydrogen-bond donors (Lipinski definition) is 2. The van der Waals surface area contributed by atoms with E-state index in [1.165, 1.54) is 0 Å². The van der Waals surface area contributed by atoms with E-state index in [2.05, 4.69) is 10.6 Å². The van der Waals surface area contributed by atoms with Gasteiger partial charge in [0, 0.05) is 11.6 Å². The summed E-state index contributed by atoms with van der Waals surface area (Å²) in [5.74, 6) is 1.44. The number of aryl methyl sites for hydroxylation is 1. The first-order chi connectivity index (χ1) is 8.61. The summed E-state index contributed by atoms with van der Waals surface area (Å²) >= 11 is 0. The molecule has 1 aromatic rings. The van der Waals surface area contributed by atoms with E-state index in [-0.39, 0.29) is 11.8 Å². The van der Waals surface area contributed by atoms with Crippen molar-refractivity contribution in [2.45, 2.75) is 13.8 Å². The van der Waals surface area contributed by atoms with Gasteiger partial charge in [-0.05, 0) is 49.7 Å². The summed E-state index contributed by atoms with van der Waals surface area (Å²) < 4.78 is 5.20. The van der Waals surface area contributed by atoms with Crippen LogP contribution in [0.3, 0.4) is 0 Å². The molecular formula is C14H20N2O2. The lowest BCUT2D eigenvalue weighted by Crippen LogP contribution is -2.48. The minimum absolute atomic E-state index is 0.0497. The van der Waals surface area contributed by atoms with Crippen LogP contribution in [-0.4, -0.2) is 26.1 Å². The molecule has 0 bridgehead atoms. The van der Waals surface area contributed by atoms with Crippen LogP contribution in [0.25, 0.3) is 0 Å². The van der Waals surface area contributed by atoms with Crippen molar-refractivity contribution >= 4 is 11.6 Å². The number of methoxy groups -OCH3 is 1. The number of carbonyl (C=O) groups is 1. The van der Waals surface area contributed by atoms with Crippen LogP contribution in [0.5, 0.6) is 5.75 Å². The second-order valence-corrected chi connectivity index (χ2v) is 4.88. The first-order valence-electron chi connectivity index (χ1n) is 6.28. The van der Waals surface area contributed by atoms with Gasteiger partial charge in [0.2, 0.25) is 5.91 Å². The fraction of sp³-hybridized carbons (Fsp3) is 0.500. The lowest BCUT2D eigenvalue weighted by atomic mass is 9.88. The Morgan fingerprint density at radius 3 is 2.72 bits per heavy atom. The van der Waals surface area contributed by atoms with E-state index in [1.807, 2.05) is 32.0 Å². The Balaban J connectivity index is 2.00. The third-order valence-corrected chi connectivity index (χ3v) is 3.60. The van der Waals surface area contributed by atoms with Gasteiger partial charge in [0.05, 0.1) is 7.11 Å². The van der Waals surface area contributed by atoms with Gasteiger partial charge in [0.15, 0.2) is 0 Å². The molecule has 4 nitrogen and oxygen atoms in total. The van der Waals surface area contributed by atoms with E-state index in [1.54, 1.807) is 7.11 Å². The molecule has 2 N–H and O–H groups in total. The number of amides is 1. The summed E-state index contributed by atoms with van der Waals surface area (Å²) in [5.41, 5.74) is 1.85. The highest BCUT2D eigenvalue weighted by Gasteiger charge is 2.28. The number of carbonyl (C=O) groups excluding carboxylic acids is 1. The standard InChI is InChI=1S/C14H20N2O2/c1-9-6-12(4-5-13(9)18-3)16-14(17)10(2)11-7-15-8-11/h4-6,10-11,15H,7-8H2,1-3H3,(H,16,17). The van der Waals surface area contributed by atoms with Crippen molar-refractivity contribution < 1.29 is 9.53 Å². The Labute approximate surface area is 108 Å². The number of rotatable bonds is 4. The topological polar surface area (TPSA) is 50.4 Å². The molecule has 1 unspecified atom stereocenters. The zero-order chi connectivity index (χ0) is 13.1. The van der Waals surface area contributed by atoms with Gasteiger partial charge < -0.3 is 15.4 Å². The zero-order valence-electron chi connectivity index (χ0n) is 11.1. The van der Waals surface area contributed by atoms with Crippen LogP contribution in [0, 0.1) is 18.8 Å². The third kappa shape index (κ3) is 2.64. The van der Waals surface area contributed by atoms with Crippen molar-refractivity contribution in [1.82, 2.24) is 5.32 Å². The molecule has 18 heavy (non-hydrogen) atoms. The van der Waals surface area contributed by atoms with Crippen molar-refractivity contribution in [3.63, 3.8) is 0 Å². The second-order valence-electron chi connectivity index (χ2n) is 4.88. The van der Waals surface area contributed by atoms with Gasteiger partial charge in [-0.25, -0.2) is 0 Å². The first kappa shape index (κ1) is 12.9. The van der Waals surface area contributed by atoms with Gasteiger partial charge in [0.25, 0.3) is 0 Å². The summed E-state index contributed by atoms with van der Waals surface area (Å²) in [7, 11) is 1.65. The normalized spacial score (nSPS) is 16.8. The van der Waals surface area contributed by atoms with Crippen LogP contribution in [0.15, 0.2) is 18.2 Å². The molecule has 1 amide bonds. The van der Waals surface area contributed by atoms with Crippen LogP contribution in [-0.2, 0) is 4.79 Å². The number of hydrogen-bond acceptors (Lipinski definition) is 3. The molecule has 1 aromatic carbocycles. The Morgan fingerprint density at radius 2 is 2.22 bits per heavy atom. The molecule has 98 valence electrons. The molecule has 0 saturated carbocycles. The molecule has 0 spiro atoms. The number of ether oxygens (including phenoxy) is 1. The summed E-state index contributed by atoms with van der Waals surface area (Å²) in [4.78, 5) is 12.0. The van der Waals surface area contributed by atoms with Crippen molar-refractivity contribution in [1.29, 1.82) is 0 Å². The van der Waals surface area contributed by atoms with Gasteiger partial charge in [-0.3, -0.25) is 4.79 Å². The number of nitrogens with one attached hydrogen (secondary N) is 2. The van der Waals surface area contributed by atoms with Crippen LogP contribution < -0.4 is 15.4 Å². The van der Waals surface area contributed by atoms with Gasteiger partial charge in [-0.1, -0.05) is 6.92 Å². The van der Waals surface area contributed by atoms with E-state index < -0.39 is 0 Å². The lowest BCUT2D eigenvalue weighted by molar-refractivity contribution is -0.121. The van der Waals surface area contributed by atoms with Crippen LogP contribution >= 0.6 is 0 Å². The first-order valence-corrected chi connectivity index (χ1v) is 6.28. The highest BCUT2D eigenvalue weighted by molar-refractivity contribution is 5.92. The van der Waals surface area contributed by atoms with Crippen LogP contribution in [0.2, 0.25) is 0 Å². The molecule has 1 fully saturated rings. The van der Waals surface area contributed by atoms with E-state index in [4.69, 9.17) is 4.74 Å². The fourth-order valence-electron chi connectivity index (χ4n) is 2.09. The SMILES string of the molecule is COc1ccc(NC(=O)C(C)C2CNC2)cc1C. The maximum atomic E-state index is 12.0. The maximum absolute atomic E-state index is 12.0. The number of anilines is 1. The molecule has 0 radical (unpaired) electrons. The summed E-state index contributed by atoms with van der Waals surface area (Å²) in [6.07, 6.45) is 0. The van der Waals surface area contributed by atoms with Gasteiger partial charge in [0.1, 0.15) is 5.75 Å². The predicted molar refractivity (Wildman–Crippen MR) is 71.9 cm³/mol. The van der Waals surface area contributed by atoms with E-state index in [9.17, 15) is 4.79 Å². The molecule has 1 saturated heterocycles. The van der Waals surface area contributed by atoms with Gasteiger partial charge in [-0.2, -0.15) is 0 Å². The average molecular weight is 248 g/mol. The fourth-order valence-corrected chi connectivity index (χ4v) is 2.09. The molecular weight excluding hydrogens is 228 g/mol. The highest BCUT2D eigenvalue weighted by atomic mass is 16.5. The van der Waals surface area contributed by atoms with E-state index >= 15 is 0 Å². The smallest absolute Gasteiger partial charge is 0.227 e. The quantitative estimate of drug-likeness (QED) is 0.854. The summed E-state index contributed by atoms with van der Waals surface area (Å²) in [5, 5.41) is 6.15. The molecule has 0 aromatic heterocycles. The number of benzene rings is 1. The minimum Gasteiger partial charge on any atom is -0.496 e. The molecule has 1 aliphatic rings. The highest BCUT2D eigenvalue weighted by Crippen LogP contribution is 2.23. The second kappa shape index (κ2) is 5.40. The van der Waals surface area contributed by atoms with Gasteiger partial charge in [-0.15, -0.1) is 0 Å². The van der Waals surface area contributed by atoms with Gasteiger partial charge >= 0.3 is 0 Å². The molecule has 1 heterocycles. The average Bonchev–Trinajstić information content (AvgIpc) is 2.26. The maximum Gasteiger partial charge on any atom is 0.227 e. The Hall–Kier alpha value is -1.55. The van der Waals surface area contributed by atoms with Crippen LogP contribution in [0.4, 0.5) is 5.69 Å². The molecule has 2 rings (SSSR count). The Bertz CT molecular complexity index is 441. The van der Waals surface area contributed by atoms with E-state index in [0.29, 0.717) is 5.92 Å². The minimum atomic E-state index is 0.0497. The molecule has 1 atom stereocenters. The van der Waals surface area contributed by atoms with Crippen LogP contribution in [0.1, 0.15) is 12.5 Å². The van der Waals surface area contributed by atoms with Crippen molar-refractivity contribution in [3.8, 4) is 5.75 Å². The Kier molecular flexibility index (Phi) is 3.87. The van der Waals surface area contributed by atoms with Crippen molar-refractivity contribution in [2.75, 3.05) is 25.5 Å². The van der Waals surface area contributed by atoms with Crippen molar-refractivity contribution in [2.24, 2.45) is 11.8 Å². The van der Waals surface area contributed by atoms with Crippen molar-refractivity contribution in [3.05, 3.63) is 23.8 Å². The van der Waals surface area contributed by atoms with E-state index in [0.717, 1.165) is 30.1 Å². The molecule has 0 aliphatic carbocycles. The third-order valence-electron chi connectivity index (χ3n) is 3.60. The largest absolute Gasteiger partial charge is 0.496 e.